The van der Waals surface area contributed by atoms with Gasteiger partial charge in [0.1, 0.15) is 5.54 Å². The van der Waals surface area contributed by atoms with Gasteiger partial charge in [0.2, 0.25) is 15.9 Å². The highest BCUT2D eigenvalue weighted by molar-refractivity contribution is 7.89. The molecule has 7 nitrogen and oxygen atoms in total. The van der Waals surface area contributed by atoms with Gasteiger partial charge in [0, 0.05) is 12.6 Å². The molecule has 0 fully saturated rings. The summed E-state index contributed by atoms with van der Waals surface area (Å²) in [4.78, 5) is 23.1. The normalized spacial score (nSPS) is 14.3. The molecule has 0 radical (unpaired) electrons. The van der Waals surface area contributed by atoms with Gasteiger partial charge < -0.3 is 11.1 Å². The Bertz CT molecular complexity index is 683. The highest BCUT2D eigenvalue weighted by atomic mass is 32.2. The van der Waals surface area contributed by atoms with Crippen molar-refractivity contribution in [3.8, 4) is 0 Å². The number of rotatable bonds is 7. The topological polar surface area (TPSA) is 118 Å². The number of nitrogens with one attached hydrogen (secondary N) is 2. The van der Waals surface area contributed by atoms with Gasteiger partial charge in [0.25, 0.3) is 5.91 Å². The van der Waals surface area contributed by atoms with E-state index in [1.165, 1.54) is 38.2 Å². The first kappa shape index (κ1) is 19.1. The number of nitrogens with two attached hydrogens (primary N) is 1. The molecule has 0 heterocycles. The first-order valence-corrected chi connectivity index (χ1v) is 8.66. The fourth-order valence-electron chi connectivity index (χ4n) is 2.29. The summed E-state index contributed by atoms with van der Waals surface area (Å²) in [6.07, 6.45) is 0.276. The summed E-state index contributed by atoms with van der Waals surface area (Å²) in [5, 5.41) is 2.45. The van der Waals surface area contributed by atoms with Crippen LogP contribution in [0.5, 0.6) is 0 Å². The van der Waals surface area contributed by atoms with Crippen LogP contribution in [0, 0.1) is 5.92 Å². The summed E-state index contributed by atoms with van der Waals surface area (Å²) in [5.74, 6) is -0.980. The van der Waals surface area contributed by atoms with Gasteiger partial charge in [-0.2, -0.15) is 4.72 Å². The van der Waals surface area contributed by atoms with Crippen molar-refractivity contribution >= 4 is 21.8 Å². The maximum atomic E-state index is 12.5. The standard InChI is InChI=1S/C15H23N3O4S/c1-10(2)9-15(3,14(16)20)18-23(21,22)12-7-5-11(6-8-12)13(19)17-4/h5-8,10,18H,9H2,1-4H3,(H2,16,20)(H,17,19)/t15-/m1/s1. The van der Waals surface area contributed by atoms with Gasteiger partial charge in [0.15, 0.2) is 0 Å². The Hall–Kier alpha value is -1.93. The van der Waals surface area contributed by atoms with Gasteiger partial charge in [-0.1, -0.05) is 13.8 Å². The summed E-state index contributed by atoms with van der Waals surface area (Å²) in [5.41, 5.74) is 4.32. The van der Waals surface area contributed by atoms with E-state index in [0.717, 1.165) is 0 Å². The van der Waals surface area contributed by atoms with Crippen LogP contribution in [0.15, 0.2) is 29.2 Å². The van der Waals surface area contributed by atoms with Crippen LogP contribution in [0.1, 0.15) is 37.6 Å². The molecule has 0 spiro atoms. The largest absolute Gasteiger partial charge is 0.368 e. The van der Waals surface area contributed by atoms with Gasteiger partial charge in [-0.25, -0.2) is 8.42 Å². The lowest BCUT2D eigenvalue weighted by atomic mass is 9.91. The molecule has 1 aromatic rings. The highest BCUT2D eigenvalue weighted by Crippen LogP contribution is 2.20. The minimum Gasteiger partial charge on any atom is -0.368 e. The van der Waals surface area contributed by atoms with Crippen LogP contribution < -0.4 is 15.8 Å². The lowest BCUT2D eigenvalue weighted by Gasteiger charge is -2.28. The second-order valence-corrected chi connectivity index (χ2v) is 7.69. The van der Waals surface area contributed by atoms with E-state index in [-0.39, 0.29) is 23.1 Å². The molecular formula is C15H23N3O4S. The highest BCUT2D eigenvalue weighted by Gasteiger charge is 2.36. The van der Waals surface area contributed by atoms with E-state index in [1.54, 1.807) is 0 Å². The van der Waals surface area contributed by atoms with Crippen molar-refractivity contribution in [2.75, 3.05) is 7.05 Å². The third kappa shape index (κ3) is 4.77. The Kier molecular flexibility index (Phi) is 5.90. The van der Waals surface area contributed by atoms with Crippen molar-refractivity contribution in [3.05, 3.63) is 29.8 Å². The maximum Gasteiger partial charge on any atom is 0.251 e. The van der Waals surface area contributed by atoms with Crippen molar-refractivity contribution < 1.29 is 18.0 Å². The third-order valence-corrected chi connectivity index (χ3v) is 4.99. The number of carbonyl (C=O) groups is 2. The number of primary amides is 1. The zero-order valence-electron chi connectivity index (χ0n) is 13.7. The Morgan fingerprint density at radius 1 is 1.22 bits per heavy atom. The zero-order valence-corrected chi connectivity index (χ0v) is 14.5. The molecule has 2 amide bonds. The zero-order chi connectivity index (χ0) is 17.8. The molecule has 23 heavy (non-hydrogen) atoms. The number of carbonyl (C=O) groups excluding carboxylic acids is 2. The van der Waals surface area contributed by atoms with Gasteiger partial charge >= 0.3 is 0 Å². The van der Waals surface area contributed by atoms with E-state index < -0.39 is 21.5 Å². The van der Waals surface area contributed by atoms with Crippen LogP contribution in [-0.4, -0.2) is 32.8 Å². The Morgan fingerprint density at radius 2 is 1.74 bits per heavy atom. The first-order chi connectivity index (χ1) is 10.5. The maximum absolute atomic E-state index is 12.5. The van der Waals surface area contributed by atoms with Gasteiger partial charge in [-0.15, -0.1) is 0 Å². The van der Waals surface area contributed by atoms with Crippen LogP contribution in [0.25, 0.3) is 0 Å². The summed E-state index contributed by atoms with van der Waals surface area (Å²) in [6, 6.07) is 5.42. The lowest BCUT2D eigenvalue weighted by molar-refractivity contribution is -0.123. The Balaban J connectivity index is 3.10. The lowest BCUT2D eigenvalue weighted by Crippen LogP contribution is -2.55. The molecule has 128 valence electrons. The second kappa shape index (κ2) is 7.10. The summed E-state index contributed by atoms with van der Waals surface area (Å²) in [7, 11) is -2.46. The second-order valence-electron chi connectivity index (χ2n) is 6.00. The molecule has 1 aromatic carbocycles. The number of benzene rings is 1. The average molecular weight is 341 g/mol. The molecule has 1 rings (SSSR count). The predicted octanol–water partition coefficient (Wildman–Crippen LogP) is 0.615. The van der Waals surface area contributed by atoms with E-state index in [4.69, 9.17) is 5.73 Å². The van der Waals surface area contributed by atoms with Gasteiger partial charge in [0.05, 0.1) is 4.90 Å². The Morgan fingerprint density at radius 3 is 2.13 bits per heavy atom. The molecule has 4 N–H and O–H groups in total. The van der Waals surface area contributed by atoms with Crippen LogP contribution in [-0.2, 0) is 14.8 Å². The molecule has 0 saturated carbocycles. The van der Waals surface area contributed by atoms with E-state index in [1.807, 2.05) is 13.8 Å². The molecule has 0 unspecified atom stereocenters. The van der Waals surface area contributed by atoms with Crippen LogP contribution in [0.3, 0.4) is 0 Å². The average Bonchev–Trinajstić information content (AvgIpc) is 2.45. The van der Waals surface area contributed by atoms with E-state index >= 15 is 0 Å². The van der Waals surface area contributed by atoms with Crippen LogP contribution in [0.2, 0.25) is 0 Å². The van der Waals surface area contributed by atoms with Crippen molar-refractivity contribution in [3.63, 3.8) is 0 Å². The van der Waals surface area contributed by atoms with E-state index in [9.17, 15) is 18.0 Å². The van der Waals surface area contributed by atoms with Gasteiger partial charge in [-0.05, 0) is 43.5 Å². The number of hydrogen-bond acceptors (Lipinski definition) is 4. The van der Waals surface area contributed by atoms with E-state index in [2.05, 4.69) is 10.0 Å². The molecule has 0 aliphatic rings. The van der Waals surface area contributed by atoms with Crippen molar-refractivity contribution in [2.45, 2.75) is 37.6 Å². The monoisotopic (exact) mass is 341 g/mol. The van der Waals surface area contributed by atoms with Crippen LogP contribution in [0.4, 0.5) is 0 Å². The van der Waals surface area contributed by atoms with Crippen molar-refractivity contribution in [1.29, 1.82) is 0 Å². The first-order valence-electron chi connectivity index (χ1n) is 7.18. The van der Waals surface area contributed by atoms with Gasteiger partial charge in [-0.3, -0.25) is 9.59 Å². The molecule has 0 bridgehead atoms. The minimum atomic E-state index is -3.94. The molecule has 0 aromatic heterocycles. The number of hydrogen-bond donors (Lipinski definition) is 3. The SMILES string of the molecule is CNC(=O)c1ccc(S(=O)(=O)N[C@](C)(CC(C)C)C(N)=O)cc1. The van der Waals surface area contributed by atoms with Crippen molar-refractivity contribution in [1.82, 2.24) is 10.0 Å². The molecule has 0 saturated heterocycles. The number of amides is 2. The molecule has 0 aliphatic heterocycles. The van der Waals surface area contributed by atoms with E-state index in [0.29, 0.717) is 5.56 Å². The third-order valence-electron chi connectivity index (χ3n) is 3.37. The number of sulfonamides is 1. The summed E-state index contributed by atoms with van der Waals surface area (Å²) < 4.78 is 27.3. The quantitative estimate of drug-likeness (QED) is 0.673. The predicted molar refractivity (Wildman–Crippen MR) is 87.2 cm³/mol. The fourth-order valence-corrected chi connectivity index (χ4v) is 3.68. The smallest absolute Gasteiger partial charge is 0.251 e. The molecule has 1 atom stereocenters. The van der Waals surface area contributed by atoms with Crippen LogP contribution >= 0.6 is 0 Å². The molecule has 0 aliphatic carbocycles. The molecular weight excluding hydrogens is 318 g/mol. The fraction of sp³-hybridized carbons (Fsp3) is 0.467. The van der Waals surface area contributed by atoms with Crippen molar-refractivity contribution in [2.24, 2.45) is 11.7 Å². The molecule has 8 heteroatoms. The summed E-state index contributed by atoms with van der Waals surface area (Å²) in [6.45, 7) is 5.20. The minimum absolute atomic E-state index is 0.0404. The summed E-state index contributed by atoms with van der Waals surface area (Å²) >= 11 is 0. The Labute approximate surface area is 136 Å².